The number of phenols is 1. The molecular formula is C47H51N3O5. The standard InChI is InChI=1S/C47H51N3O5/c51-38-17-19-40-43(27-38)55-29-41(33-4-2-1-3-5-33)45(40)34-12-15-37(16-13-34)49-24-22-31(23-25-49)7-6-30-8-10-32(11-9-30)35-14-18-39-36(26-35)28-50(47(39)54)42-20-21-44(52)48-46(42)53/h1-5,12-19,26-27,30-32,41-42,45,51H,6-11,20-25,28-29H2,(H,48,52,53)/t30?,32?,41-,42+,45?/m1/s1. The fourth-order valence-electron chi connectivity index (χ4n) is 10.3. The normalized spacial score (nSPS) is 25.6. The summed E-state index contributed by atoms with van der Waals surface area (Å²) in [7, 11) is 0. The maximum absolute atomic E-state index is 13.2. The highest BCUT2D eigenvalue weighted by atomic mass is 16.5. The Labute approximate surface area is 323 Å². The molecule has 3 amide bonds. The molecule has 1 unspecified atom stereocenters. The van der Waals surface area contributed by atoms with Gasteiger partial charge in [0, 0.05) is 60.8 Å². The molecule has 2 saturated heterocycles. The molecule has 4 aromatic rings. The van der Waals surface area contributed by atoms with Gasteiger partial charge in [-0.05, 0) is 109 Å². The Kier molecular flexibility index (Phi) is 9.83. The van der Waals surface area contributed by atoms with E-state index in [9.17, 15) is 19.5 Å². The van der Waals surface area contributed by atoms with Crippen molar-refractivity contribution in [2.24, 2.45) is 11.8 Å². The molecule has 3 atom stereocenters. The summed E-state index contributed by atoms with van der Waals surface area (Å²) in [5.41, 5.74) is 8.01. The number of hydrogen-bond donors (Lipinski definition) is 2. The Morgan fingerprint density at radius 1 is 0.727 bits per heavy atom. The molecule has 4 heterocycles. The minimum atomic E-state index is -0.566. The van der Waals surface area contributed by atoms with Gasteiger partial charge in [-0.15, -0.1) is 0 Å². The zero-order valence-electron chi connectivity index (χ0n) is 31.5. The lowest BCUT2D eigenvalue weighted by molar-refractivity contribution is -0.136. The highest BCUT2D eigenvalue weighted by Crippen LogP contribution is 2.47. The van der Waals surface area contributed by atoms with E-state index in [2.05, 4.69) is 76.9 Å². The second-order valence-electron chi connectivity index (χ2n) is 16.7. The lowest BCUT2D eigenvalue weighted by Crippen LogP contribution is -2.52. The zero-order chi connectivity index (χ0) is 37.5. The highest BCUT2D eigenvalue weighted by Gasteiger charge is 2.40. The Balaban J connectivity index is 0.756. The summed E-state index contributed by atoms with van der Waals surface area (Å²) >= 11 is 0. The van der Waals surface area contributed by atoms with Gasteiger partial charge in [0.15, 0.2) is 0 Å². The summed E-state index contributed by atoms with van der Waals surface area (Å²) in [6.07, 6.45) is 10.7. The topological polar surface area (TPSA) is 99.2 Å². The van der Waals surface area contributed by atoms with Crippen LogP contribution in [-0.2, 0) is 16.1 Å². The van der Waals surface area contributed by atoms with Crippen LogP contribution in [0.1, 0.15) is 120 Å². The van der Waals surface area contributed by atoms with E-state index < -0.39 is 6.04 Å². The zero-order valence-corrected chi connectivity index (χ0v) is 31.5. The van der Waals surface area contributed by atoms with Gasteiger partial charge in [-0.25, -0.2) is 0 Å². The first-order chi connectivity index (χ1) is 26.9. The average Bonchev–Trinajstić information content (AvgIpc) is 3.55. The van der Waals surface area contributed by atoms with Gasteiger partial charge in [0.05, 0.1) is 6.61 Å². The van der Waals surface area contributed by atoms with Gasteiger partial charge in [-0.3, -0.25) is 19.7 Å². The number of benzene rings is 4. The molecule has 9 rings (SSSR count). The fourth-order valence-corrected chi connectivity index (χ4v) is 10.3. The lowest BCUT2D eigenvalue weighted by atomic mass is 9.75. The molecule has 0 aromatic heterocycles. The number of piperidine rings is 2. The van der Waals surface area contributed by atoms with Crippen LogP contribution in [-0.4, -0.2) is 53.5 Å². The van der Waals surface area contributed by atoms with Gasteiger partial charge in [0.1, 0.15) is 17.5 Å². The van der Waals surface area contributed by atoms with Crippen molar-refractivity contribution >= 4 is 23.4 Å². The van der Waals surface area contributed by atoms with E-state index in [1.54, 1.807) is 17.0 Å². The molecule has 0 radical (unpaired) electrons. The number of fused-ring (bicyclic) bond motifs is 2. The molecule has 0 spiro atoms. The molecular weight excluding hydrogens is 687 g/mol. The first kappa shape index (κ1) is 35.6. The quantitative estimate of drug-likeness (QED) is 0.176. The Bertz CT molecular complexity index is 2050. The average molecular weight is 738 g/mol. The first-order valence-electron chi connectivity index (χ1n) is 20.5. The molecule has 55 heavy (non-hydrogen) atoms. The van der Waals surface area contributed by atoms with Gasteiger partial charge >= 0.3 is 0 Å². The van der Waals surface area contributed by atoms with Crippen molar-refractivity contribution in [1.29, 1.82) is 0 Å². The molecule has 1 aliphatic carbocycles. The third-order valence-electron chi connectivity index (χ3n) is 13.5. The van der Waals surface area contributed by atoms with E-state index in [-0.39, 0.29) is 41.7 Å². The van der Waals surface area contributed by atoms with E-state index >= 15 is 0 Å². The van der Waals surface area contributed by atoms with Gasteiger partial charge in [-0.1, -0.05) is 73.5 Å². The van der Waals surface area contributed by atoms with Crippen LogP contribution in [0.25, 0.3) is 0 Å². The molecule has 4 aromatic carbocycles. The van der Waals surface area contributed by atoms with E-state index in [0.717, 1.165) is 41.8 Å². The van der Waals surface area contributed by atoms with E-state index in [1.165, 1.54) is 73.7 Å². The fraction of sp³-hybridized carbons (Fsp3) is 0.426. The second-order valence-corrected chi connectivity index (χ2v) is 16.7. The number of hydrogen-bond acceptors (Lipinski definition) is 6. The predicted molar refractivity (Wildman–Crippen MR) is 212 cm³/mol. The molecule has 8 heteroatoms. The lowest BCUT2D eigenvalue weighted by Gasteiger charge is -2.36. The number of aromatic hydroxyl groups is 1. The number of anilines is 1. The first-order valence-corrected chi connectivity index (χ1v) is 20.5. The van der Waals surface area contributed by atoms with Crippen LogP contribution in [0.2, 0.25) is 0 Å². The summed E-state index contributed by atoms with van der Waals surface area (Å²) in [5.74, 6) is 2.75. The van der Waals surface area contributed by atoms with Crippen molar-refractivity contribution in [2.45, 2.75) is 94.5 Å². The second kappa shape index (κ2) is 15.2. The number of rotatable bonds is 8. The van der Waals surface area contributed by atoms with Crippen molar-refractivity contribution in [1.82, 2.24) is 10.2 Å². The number of carbonyl (C=O) groups excluding carboxylic acids is 3. The van der Waals surface area contributed by atoms with Crippen LogP contribution in [0.3, 0.4) is 0 Å². The maximum Gasteiger partial charge on any atom is 0.255 e. The number of nitrogens with one attached hydrogen (secondary N) is 1. The highest BCUT2D eigenvalue weighted by molar-refractivity contribution is 6.05. The largest absolute Gasteiger partial charge is 0.508 e. The third kappa shape index (κ3) is 7.24. The summed E-state index contributed by atoms with van der Waals surface area (Å²) in [6, 6.07) is 31.1. The Hall–Kier alpha value is -5.11. The number of ether oxygens (including phenoxy) is 1. The number of imide groups is 1. The maximum atomic E-state index is 13.2. The van der Waals surface area contributed by atoms with Crippen molar-refractivity contribution in [3.05, 3.63) is 124 Å². The van der Waals surface area contributed by atoms with Crippen molar-refractivity contribution < 1.29 is 24.2 Å². The minimum Gasteiger partial charge on any atom is -0.508 e. The Morgan fingerprint density at radius 3 is 2.20 bits per heavy atom. The molecule has 5 aliphatic rings. The van der Waals surface area contributed by atoms with Crippen LogP contribution < -0.4 is 15.0 Å². The van der Waals surface area contributed by atoms with Crippen molar-refractivity contribution in [3.8, 4) is 11.5 Å². The van der Waals surface area contributed by atoms with E-state index in [0.29, 0.717) is 31.1 Å². The van der Waals surface area contributed by atoms with Crippen LogP contribution in [0.5, 0.6) is 11.5 Å². The van der Waals surface area contributed by atoms with Crippen LogP contribution >= 0.6 is 0 Å². The summed E-state index contributed by atoms with van der Waals surface area (Å²) < 4.78 is 6.18. The predicted octanol–water partition coefficient (Wildman–Crippen LogP) is 8.43. The third-order valence-corrected chi connectivity index (χ3v) is 13.5. The van der Waals surface area contributed by atoms with E-state index in [4.69, 9.17) is 4.74 Å². The molecule has 4 aliphatic heterocycles. The van der Waals surface area contributed by atoms with Crippen molar-refractivity contribution in [3.63, 3.8) is 0 Å². The van der Waals surface area contributed by atoms with Gasteiger partial charge < -0.3 is 19.6 Å². The summed E-state index contributed by atoms with van der Waals surface area (Å²) in [6.45, 7) is 3.23. The SMILES string of the molecule is O=C1CC[C@H](N2Cc3cc(C4CCC(CCC5CCN(c6ccc(C7c8ccc(O)cc8OC[C@@H]7c7ccccc7)cc6)CC5)CC4)ccc3C2=O)C(=O)N1. The molecule has 3 fully saturated rings. The summed E-state index contributed by atoms with van der Waals surface area (Å²) in [5, 5.41) is 12.5. The molecule has 1 saturated carbocycles. The molecule has 8 nitrogen and oxygen atoms in total. The molecule has 0 bridgehead atoms. The monoisotopic (exact) mass is 737 g/mol. The Morgan fingerprint density at radius 2 is 1.45 bits per heavy atom. The number of nitrogens with zero attached hydrogens (tertiary/aromatic N) is 2. The smallest absolute Gasteiger partial charge is 0.255 e. The number of phenolic OH excluding ortho intramolecular Hbond substituents is 1. The van der Waals surface area contributed by atoms with Crippen LogP contribution in [0.15, 0.2) is 91.0 Å². The van der Waals surface area contributed by atoms with E-state index in [1.807, 2.05) is 12.1 Å². The summed E-state index contributed by atoms with van der Waals surface area (Å²) in [4.78, 5) is 41.5. The number of carbonyl (C=O) groups is 3. The molecule has 284 valence electrons. The van der Waals surface area contributed by atoms with Gasteiger partial charge in [-0.2, -0.15) is 0 Å². The van der Waals surface area contributed by atoms with Crippen molar-refractivity contribution in [2.75, 3.05) is 24.6 Å². The van der Waals surface area contributed by atoms with Crippen LogP contribution in [0, 0.1) is 11.8 Å². The van der Waals surface area contributed by atoms with Crippen LogP contribution in [0.4, 0.5) is 5.69 Å². The van der Waals surface area contributed by atoms with Gasteiger partial charge in [0.2, 0.25) is 11.8 Å². The van der Waals surface area contributed by atoms with Gasteiger partial charge in [0.25, 0.3) is 5.91 Å². The molecule has 2 N–H and O–H groups in total. The minimum absolute atomic E-state index is 0.0964. The number of amides is 3.